The van der Waals surface area contributed by atoms with Gasteiger partial charge in [-0.25, -0.2) is 9.36 Å². The van der Waals surface area contributed by atoms with Gasteiger partial charge in [-0.1, -0.05) is 60.1 Å². The summed E-state index contributed by atoms with van der Waals surface area (Å²) in [4.78, 5) is 26.9. The summed E-state index contributed by atoms with van der Waals surface area (Å²) in [6, 6.07) is 24.3. The average Bonchev–Trinajstić information content (AvgIpc) is 3.13. The highest BCUT2D eigenvalue weighted by Gasteiger charge is 2.19. The number of hydrogen-bond acceptors (Lipinski definition) is 3. The van der Waals surface area contributed by atoms with Gasteiger partial charge in [-0.3, -0.25) is 9.36 Å². The van der Waals surface area contributed by atoms with Gasteiger partial charge in [0.25, 0.3) is 5.56 Å². The molecule has 0 aliphatic rings. The quantitative estimate of drug-likeness (QED) is 0.410. The Kier molecular flexibility index (Phi) is 4.34. The number of benzene rings is 3. The second-order valence-electron chi connectivity index (χ2n) is 6.75. The standard InChI is InChI=1S/C23H15ClN2O2S/c24-16-10-12-17(13-11-16)26-22(27)21-20(18-8-4-5-9-19(18)29-21)25(23(26)28)14-15-6-2-1-3-7-15/h1-13H,14H2. The van der Waals surface area contributed by atoms with E-state index in [0.29, 0.717) is 27.5 Å². The SMILES string of the molecule is O=c1c2sc3ccccc3c2n(Cc2ccccc2)c(=O)n1-c1ccc(Cl)cc1. The van der Waals surface area contributed by atoms with Crippen LogP contribution < -0.4 is 11.2 Å². The molecule has 3 aromatic carbocycles. The van der Waals surface area contributed by atoms with Crippen LogP contribution in [0.5, 0.6) is 0 Å². The summed E-state index contributed by atoms with van der Waals surface area (Å²) in [6.07, 6.45) is 0. The number of hydrogen-bond donors (Lipinski definition) is 0. The average molecular weight is 419 g/mol. The van der Waals surface area contributed by atoms with Crippen molar-refractivity contribution in [3.63, 3.8) is 0 Å². The van der Waals surface area contributed by atoms with E-state index in [1.54, 1.807) is 28.8 Å². The van der Waals surface area contributed by atoms with Gasteiger partial charge in [-0.2, -0.15) is 0 Å². The molecule has 5 rings (SSSR count). The Morgan fingerprint density at radius 2 is 1.52 bits per heavy atom. The van der Waals surface area contributed by atoms with Gasteiger partial charge in [0, 0.05) is 15.1 Å². The van der Waals surface area contributed by atoms with Gasteiger partial charge in [-0.05, 0) is 35.9 Å². The van der Waals surface area contributed by atoms with Crippen LogP contribution in [0.15, 0.2) is 88.5 Å². The van der Waals surface area contributed by atoms with E-state index < -0.39 is 0 Å². The van der Waals surface area contributed by atoms with E-state index in [9.17, 15) is 9.59 Å². The van der Waals surface area contributed by atoms with Crippen LogP contribution in [-0.2, 0) is 6.54 Å². The Hall–Kier alpha value is -3.15. The third-order valence-electron chi connectivity index (χ3n) is 4.93. The molecule has 5 aromatic rings. The van der Waals surface area contributed by atoms with Crippen LogP contribution in [0.25, 0.3) is 26.0 Å². The number of fused-ring (bicyclic) bond motifs is 3. The van der Waals surface area contributed by atoms with Crippen LogP contribution in [0.2, 0.25) is 5.02 Å². The first-order chi connectivity index (χ1) is 14.1. The van der Waals surface area contributed by atoms with Crippen molar-refractivity contribution in [2.24, 2.45) is 0 Å². The molecule has 0 N–H and O–H groups in total. The molecule has 29 heavy (non-hydrogen) atoms. The molecule has 0 aliphatic heterocycles. The van der Waals surface area contributed by atoms with Crippen LogP contribution >= 0.6 is 22.9 Å². The minimum Gasteiger partial charge on any atom is -0.287 e. The van der Waals surface area contributed by atoms with Crippen molar-refractivity contribution in [3.05, 3.63) is 110 Å². The molecule has 0 amide bonds. The monoisotopic (exact) mass is 418 g/mol. The van der Waals surface area contributed by atoms with E-state index in [0.717, 1.165) is 15.6 Å². The van der Waals surface area contributed by atoms with E-state index in [2.05, 4.69) is 0 Å². The van der Waals surface area contributed by atoms with Crippen molar-refractivity contribution in [2.45, 2.75) is 6.54 Å². The summed E-state index contributed by atoms with van der Waals surface area (Å²) in [5.74, 6) is 0. The van der Waals surface area contributed by atoms with Crippen LogP contribution in [-0.4, -0.2) is 9.13 Å². The highest BCUT2D eigenvalue weighted by atomic mass is 35.5. The van der Waals surface area contributed by atoms with E-state index in [4.69, 9.17) is 11.6 Å². The van der Waals surface area contributed by atoms with E-state index in [1.807, 2.05) is 54.6 Å². The summed E-state index contributed by atoms with van der Waals surface area (Å²) in [5, 5.41) is 1.47. The predicted octanol–water partition coefficient (Wildman–Crippen LogP) is 5.07. The van der Waals surface area contributed by atoms with E-state index in [-0.39, 0.29) is 11.2 Å². The lowest BCUT2D eigenvalue weighted by atomic mass is 10.2. The topological polar surface area (TPSA) is 44.0 Å². The number of halogens is 1. The number of nitrogens with zero attached hydrogens (tertiary/aromatic N) is 2. The lowest BCUT2D eigenvalue weighted by molar-refractivity contribution is 0.718. The molecular weight excluding hydrogens is 404 g/mol. The maximum Gasteiger partial charge on any atom is 0.336 e. The second kappa shape index (κ2) is 7.03. The molecule has 0 saturated heterocycles. The van der Waals surface area contributed by atoms with Gasteiger partial charge in [0.1, 0.15) is 4.70 Å². The molecule has 0 aliphatic carbocycles. The third kappa shape index (κ3) is 2.99. The first-order valence-corrected chi connectivity index (χ1v) is 10.3. The van der Waals surface area contributed by atoms with Crippen molar-refractivity contribution in [2.75, 3.05) is 0 Å². The van der Waals surface area contributed by atoms with Crippen molar-refractivity contribution in [1.29, 1.82) is 0 Å². The molecular formula is C23H15ClN2O2S. The first kappa shape index (κ1) is 17.9. The second-order valence-corrected chi connectivity index (χ2v) is 8.24. The van der Waals surface area contributed by atoms with E-state index >= 15 is 0 Å². The van der Waals surface area contributed by atoms with Crippen molar-refractivity contribution < 1.29 is 0 Å². The Bertz CT molecular complexity index is 1470. The first-order valence-electron chi connectivity index (χ1n) is 9.10. The largest absolute Gasteiger partial charge is 0.336 e. The van der Waals surface area contributed by atoms with Crippen LogP contribution in [0.4, 0.5) is 0 Å². The van der Waals surface area contributed by atoms with Crippen molar-refractivity contribution in [3.8, 4) is 5.69 Å². The minimum absolute atomic E-state index is 0.308. The maximum absolute atomic E-state index is 13.5. The molecule has 0 fully saturated rings. The van der Waals surface area contributed by atoms with E-state index in [1.165, 1.54) is 15.9 Å². The highest BCUT2D eigenvalue weighted by molar-refractivity contribution is 7.25. The molecule has 2 aromatic heterocycles. The Labute approximate surface area is 174 Å². The summed E-state index contributed by atoms with van der Waals surface area (Å²) >= 11 is 7.41. The fourth-order valence-electron chi connectivity index (χ4n) is 3.58. The molecule has 0 bridgehead atoms. The number of aromatic nitrogens is 2. The molecule has 6 heteroatoms. The Morgan fingerprint density at radius 1 is 0.828 bits per heavy atom. The summed E-state index contributed by atoms with van der Waals surface area (Å²) < 4.78 is 4.47. The molecule has 0 saturated carbocycles. The van der Waals surface area contributed by atoms with Crippen LogP contribution in [0.3, 0.4) is 0 Å². The molecule has 0 radical (unpaired) electrons. The fourth-order valence-corrected chi connectivity index (χ4v) is 4.84. The minimum atomic E-state index is -0.364. The smallest absolute Gasteiger partial charge is 0.287 e. The van der Waals surface area contributed by atoms with Gasteiger partial charge in [-0.15, -0.1) is 11.3 Å². The lowest BCUT2D eigenvalue weighted by Gasteiger charge is -2.13. The normalized spacial score (nSPS) is 11.3. The Balaban J connectivity index is 1.90. The molecule has 0 unspecified atom stereocenters. The van der Waals surface area contributed by atoms with Gasteiger partial charge in [0.05, 0.1) is 17.7 Å². The van der Waals surface area contributed by atoms with Crippen LogP contribution in [0, 0.1) is 0 Å². The van der Waals surface area contributed by atoms with Crippen molar-refractivity contribution >= 4 is 43.2 Å². The summed E-state index contributed by atoms with van der Waals surface area (Å²) in [5.41, 5.74) is 1.52. The van der Waals surface area contributed by atoms with Gasteiger partial charge >= 0.3 is 5.69 Å². The van der Waals surface area contributed by atoms with Gasteiger partial charge in [0.2, 0.25) is 0 Å². The summed E-state index contributed by atoms with van der Waals surface area (Å²) in [6.45, 7) is 0.380. The van der Waals surface area contributed by atoms with Gasteiger partial charge in [0.15, 0.2) is 0 Å². The zero-order valence-electron chi connectivity index (χ0n) is 15.2. The Morgan fingerprint density at radius 3 is 2.28 bits per heavy atom. The zero-order chi connectivity index (χ0) is 20.0. The molecule has 0 atom stereocenters. The molecule has 4 nitrogen and oxygen atoms in total. The third-order valence-corrected chi connectivity index (χ3v) is 6.33. The fraction of sp³-hybridized carbons (Fsp3) is 0.0435. The predicted molar refractivity (Wildman–Crippen MR) is 120 cm³/mol. The molecule has 2 heterocycles. The van der Waals surface area contributed by atoms with Crippen LogP contribution in [0.1, 0.15) is 5.56 Å². The van der Waals surface area contributed by atoms with Gasteiger partial charge < -0.3 is 0 Å². The lowest BCUT2D eigenvalue weighted by Crippen LogP contribution is -2.38. The maximum atomic E-state index is 13.5. The number of rotatable bonds is 3. The number of thiophene rings is 1. The molecule has 0 spiro atoms. The molecule has 142 valence electrons. The van der Waals surface area contributed by atoms with Crippen molar-refractivity contribution in [1.82, 2.24) is 9.13 Å². The zero-order valence-corrected chi connectivity index (χ0v) is 16.8. The summed E-state index contributed by atoms with van der Waals surface area (Å²) in [7, 11) is 0. The highest BCUT2D eigenvalue weighted by Crippen LogP contribution is 2.31.